The Hall–Kier alpha value is -1.03. The molecule has 0 spiro atoms. The Balaban J connectivity index is 2.81. The van der Waals surface area contributed by atoms with Crippen molar-refractivity contribution in [2.45, 2.75) is 46.3 Å². The van der Waals surface area contributed by atoms with Gasteiger partial charge < -0.3 is 5.32 Å². The van der Waals surface area contributed by atoms with Gasteiger partial charge in [-0.2, -0.15) is 13.2 Å². The van der Waals surface area contributed by atoms with Gasteiger partial charge in [0.2, 0.25) is 0 Å². The summed E-state index contributed by atoms with van der Waals surface area (Å²) >= 11 is 0. The van der Waals surface area contributed by atoms with E-state index in [1.165, 1.54) is 0 Å². The molecule has 1 unspecified atom stereocenters. The standard InChI is InChI=1S/C15H22F3N/c1-5-19-13(14(2,3)4)10-11-6-8-12(9-7-11)15(16,17)18/h6-9,13,19H,5,10H2,1-4H3. The number of nitrogens with one attached hydrogen (secondary N) is 1. The first-order valence-electron chi connectivity index (χ1n) is 6.54. The Morgan fingerprint density at radius 3 is 1.95 bits per heavy atom. The maximum absolute atomic E-state index is 12.5. The highest BCUT2D eigenvalue weighted by Crippen LogP contribution is 2.30. The Morgan fingerprint density at radius 2 is 1.58 bits per heavy atom. The van der Waals surface area contributed by atoms with E-state index in [0.29, 0.717) is 0 Å². The Bertz CT molecular complexity index is 387. The molecule has 0 fully saturated rings. The second kappa shape index (κ2) is 5.95. The summed E-state index contributed by atoms with van der Waals surface area (Å²) < 4.78 is 37.4. The first kappa shape index (κ1) is 16.0. The van der Waals surface area contributed by atoms with Crippen molar-refractivity contribution in [3.05, 3.63) is 35.4 Å². The van der Waals surface area contributed by atoms with E-state index in [2.05, 4.69) is 26.1 Å². The summed E-state index contributed by atoms with van der Waals surface area (Å²) in [7, 11) is 0. The smallest absolute Gasteiger partial charge is 0.313 e. The fraction of sp³-hybridized carbons (Fsp3) is 0.600. The average Bonchev–Trinajstić information content (AvgIpc) is 2.26. The summed E-state index contributed by atoms with van der Waals surface area (Å²) in [5.74, 6) is 0. The highest BCUT2D eigenvalue weighted by atomic mass is 19.4. The van der Waals surface area contributed by atoms with Crippen LogP contribution >= 0.6 is 0 Å². The maximum atomic E-state index is 12.5. The molecule has 1 nitrogen and oxygen atoms in total. The van der Waals surface area contributed by atoms with Crippen LogP contribution in [0.5, 0.6) is 0 Å². The van der Waals surface area contributed by atoms with E-state index in [1.807, 2.05) is 6.92 Å². The predicted molar refractivity (Wildman–Crippen MR) is 72.1 cm³/mol. The van der Waals surface area contributed by atoms with E-state index in [4.69, 9.17) is 0 Å². The second-order valence-corrected chi connectivity index (χ2v) is 5.88. The summed E-state index contributed by atoms with van der Waals surface area (Å²) in [5, 5.41) is 3.39. The van der Waals surface area contributed by atoms with Crippen LogP contribution < -0.4 is 5.32 Å². The van der Waals surface area contributed by atoms with E-state index < -0.39 is 11.7 Å². The largest absolute Gasteiger partial charge is 0.416 e. The molecule has 4 heteroatoms. The quantitative estimate of drug-likeness (QED) is 0.863. The molecule has 1 atom stereocenters. The van der Waals surface area contributed by atoms with Gasteiger partial charge >= 0.3 is 6.18 Å². The van der Waals surface area contributed by atoms with Crippen LogP contribution in [0, 0.1) is 5.41 Å². The summed E-state index contributed by atoms with van der Waals surface area (Å²) in [6, 6.07) is 5.69. The van der Waals surface area contributed by atoms with Crippen molar-refractivity contribution in [3.8, 4) is 0 Å². The van der Waals surface area contributed by atoms with Gasteiger partial charge in [-0.15, -0.1) is 0 Å². The molecule has 0 heterocycles. The van der Waals surface area contributed by atoms with Gasteiger partial charge in [-0.3, -0.25) is 0 Å². The lowest BCUT2D eigenvalue weighted by atomic mass is 9.83. The highest BCUT2D eigenvalue weighted by Gasteiger charge is 2.30. The summed E-state index contributed by atoms with van der Waals surface area (Å²) in [6.07, 6.45) is -3.53. The SMILES string of the molecule is CCNC(Cc1ccc(C(F)(F)F)cc1)C(C)(C)C. The molecule has 0 bridgehead atoms. The molecular formula is C15H22F3N. The molecule has 0 aromatic heterocycles. The number of halogens is 3. The van der Waals surface area contributed by atoms with Crippen molar-refractivity contribution < 1.29 is 13.2 Å². The van der Waals surface area contributed by atoms with Crippen LogP contribution in [0.4, 0.5) is 13.2 Å². The molecule has 0 aliphatic heterocycles. The van der Waals surface area contributed by atoms with Gasteiger partial charge in [0, 0.05) is 6.04 Å². The predicted octanol–water partition coefficient (Wildman–Crippen LogP) is 4.27. The highest BCUT2D eigenvalue weighted by molar-refractivity contribution is 5.25. The van der Waals surface area contributed by atoms with Crippen molar-refractivity contribution >= 4 is 0 Å². The summed E-state index contributed by atoms with van der Waals surface area (Å²) in [6.45, 7) is 9.27. The number of alkyl halides is 3. The molecule has 1 aromatic rings. The number of hydrogen-bond donors (Lipinski definition) is 1. The molecule has 0 radical (unpaired) electrons. The van der Waals surface area contributed by atoms with Crippen molar-refractivity contribution in [3.63, 3.8) is 0 Å². The van der Waals surface area contributed by atoms with E-state index in [1.54, 1.807) is 12.1 Å². The molecule has 0 amide bonds. The third-order valence-electron chi connectivity index (χ3n) is 3.22. The topological polar surface area (TPSA) is 12.0 Å². The molecule has 0 aliphatic carbocycles. The summed E-state index contributed by atoms with van der Waals surface area (Å²) in [5.41, 5.74) is 0.402. The molecule has 0 aliphatic rings. The normalized spacial score (nSPS) is 14.5. The van der Waals surface area contributed by atoms with Crippen LogP contribution in [0.25, 0.3) is 0 Å². The number of likely N-dealkylation sites (N-methyl/N-ethyl adjacent to an activating group) is 1. The molecule has 0 saturated carbocycles. The van der Waals surface area contributed by atoms with Gasteiger partial charge in [0.1, 0.15) is 0 Å². The minimum Gasteiger partial charge on any atom is -0.313 e. The summed E-state index contributed by atoms with van der Waals surface area (Å²) in [4.78, 5) is 0. The van der Waals surface area contributed by atoms with Crippen LogP contribution in [0.1, 0.15) is 38.8 Å². The Labute approximate surface area is 113 Å². The molecular weight excluding hydrogens is 251 g/mol. The number of benzene rings is 1. The van der Waals surface area contributed by atoms with Crippen LogP contribution in [0.3, 0.4) is 0 Å². The lowest BCUT2D eigenvalue weighted by Crippen LogP contribution is -2.41. The van der Waals surface area contributed by atoms with Gasteiger partial charge in [-0.1, -0.05) is 39.8 Å². The zero-order chi connectivity index (χ0) is 14.7. The fourth-order valence-corrected chi connectivity index (χ4v) is 2.00. The fourth-order valence-electron chi connectivity index (χ4n) is 2.00. The van der Waals surface area contributed by atoms with Gasteiger partial charge in [0.05, 0.1) is 5.56 Å². The van der Waals surface area contributed by atoms with E-state index in [9.17, 15) is 13.2 Å². The number of hydrogen-bond acceptors (Lipinski definition) is 1. The third-order valence-corrected chi connectivity index (χ3v) is 3.22. The van der Waals surface area contributed by atoms with E-state index in [-0.39, 0.29) is 11.5 Å². The van der Waals surface area contributed by atoms with Gasteiger partial charge in [-0.25, -0.2) is 0 Å². The van der Waals surface area contributed by atoms with Crippen LogP contribution in [0.2, 0.25) is 0 Å². The first-order valence-corrected chi connectivity index (χ1v) is 6.54. The number of rotatable bonds is 4. The average molecular weight is 273 g/mol. The van der Waals surface area contributed by atoms with Crippen molar-refractivity contribution in [1.29, 1.82) is 0 Å². The molecule has 108 valence electrons. The van der Waals surface area contributed by atoms with Gasteiger partial charge in [-0.05, 0) is 36.1 Å². The van der Waals surface area contributed by atoms with Gasteiger partial charge in [0.15, 0.2) is 0 Å². The first-order chi connectivity index (χ1) is 8.64. The lowest BCUT2D eigenvalue weighted by Gasteiger charge is -2.31. The third kappa shape index (κ3) is 4.86. The van der Waals surface area contributed by atoms with E-state index in [0.717, 1.165) is 30.7 Å². The maximum Gasteiger partial charge on any atom is 0.416 e. The zero-order valence-corrected chi connectivity index (χ0v) is 11.9. The zero-order valence-electron chi connectivity index (χ0n) is 11.9. The Kier molecular flexibility index (Phi) is 5.02. The van der Waals surface area contributed by atoms with Crippen LogP contribution in [-0.4, -0.2) is 12.6 Å². The van der Waals surface area contributed by atoms with Gasteiger partial charge in [0.25, 0.3) is 0 Å². The van der Waals surface area contributed by atoms with Crippen LogP contribution in [-0.2, 0) is 12.6 Å². The lowest BCUT2D eigenvalue weighted by molar-refractivity contribution is -0.137. The minimum atomic E-state index is -4.26. The monoisotopic (exact) mass is 273 g/mol. The van der Waals surface area contributed by atoms with Crippen LogP contribution in [0.15, 0.2) is 24.3 Å². The minimum absolute atomic E-state index is 0.0682. The molecule has 0 saturated heterocycles. The Morgan fingerprint density at radius 1 is 1.05 bits per heavy atom. The molecule has 19 heavy (non-hydrogen) atoms. The molecule has 1 N–H and O–H groups in total. The van der Waals surface area contributed by atoms with Crippen molar-refractivity contribution in [2.75, 3.05) is 6.54 Å². The van der Waals surface area contributed by atoms with Crippen molar-refractivity contribution in [1.82, 2.24) is 5.32 Å². The second-order valence-electron chi connectivity index (χ2n) is 5.88. The molecule has 1 rings (SSSR count). The van der Waals surface area contributed by atoms with Crippen molar-refractivity contribution in [2.24, 2.45) is 5.41 Å². The van der Waals surface area contributed by atoms with E-state index >= 15 is 0 Å². The molecule has 1 aromatic carbocycles.